The van der Waals surface area contributed by atoms with Gasteiger partial charge in [0.1, 0.15) is 18.1 Å². The van der Waals surface area contributed by atoms with Crippen molar-refractivity contribution < 1.29 is 9.18 Å². The first-order valence-corrected chi connectivity index (χ1v) is 9.24. The Labute approximate surface area is 150 Å². The van der Waals surface area contributed by atoms with Crippen LogP contribution in [0.4, 0.5) is 4.39 Å². The van der Waals surface area contributed by atoms with E-state index in [4.69, 9.17) is 4.99 Å². The highest BCUT2D eigenvalue weighted by Gasteiger charge is 2.35. The topological polar surface area (TPSA) is 45.6 Å². The van der Waals surface area contributed by atoms with Gasteiger partial charge in [-0.25, -0.2) is 9.37 Å². The third-order valence-electron chi connectivity index (χ3n) is 4.26. The molecule has 1 atom stereocenters. The van der Waals surface area contributed by atoms with Gasteiger partial charge in [-0.15, -0.1) is 11.3 Å². The Kier molecular flexibility index (Phi) is 4.05. The molecule has 1 fully saturated rings. The second kappa shape index (κ2) is 6.22. The monoisotopic (exact) mass is 405 g/mol. The van der Waals surface area contributed by atoms with Crippen molar-refractivity contribution in [2.45, 2.75) is 18.9 Å². The largest absolute Gasteiger partial charge is 0.327 e. The molecular formula is C17H13BrFN3OS. The van der Waals surface area contributed by atoms with E-state index in [2.05, 4.69) is 25.8 Å². The third-order valence-corrected chi connectivity index (χ3v) is 5.72. The summed E-state index contributed by atoms with van der Waals surface area (Å²) in [5.74, 6) is 0.470. The van der Waals surface area contributed by atoms with E-state index < -0.39 is 6.04 Å². The van der Waals surface area contributed by atoms with Crippen molar-refractivity contribution in [3.05, 3.63) is 61.9 Å². The van der Waals surface area contributed by atoms with E-state index in [1.54, 1.807) is 12.3 Å². The lowest BCUT2D eigenvalue weighted by atomic mass is 9.96. The summed E-state index contributed by atoms with van der Waals surface area (Å²) < 4.78 is 14.1. The predicted molar refractivity (Wildman–Crippen MR) is 94.5 cm³/mol. The molecule has 2 aliphatic rings. The molecule has 0 amide bonds. The summed E-state index contributed by atoms with van der Waals surface area (Å²) in [7, 11) is 0. The lowest BCUT2D eigenvalue weighted by Crippen LogP contribution is -2.33. The number of hydrogen-bond donors (Lipinski definition) is 0. The molecule has 7 heteroatoms. The van der Waals surface area contributed by atoms with Gasteiger partial charge in [0, 0.05) is 33.9 Å². The lowest BCUT2D eigenvalue weighted by Gasteiger charge is -2.31. The highest BCUT2D eigenvalue weighted by molar-refractivity contribution is 9.10. The first-order valence-electron chi connectivity index (χ1n) is 7.57. The molecule has 2 aliphatic heterocycles. The Morgan fingerprint density at radius 1 is 1.42 bits per heavy atom. The highest BCUT2D eigenvalue weighted by atomic mass is 79.9. The fraction of sp³-hybridized carbons (Fsp3) is 0.235. The van der Waals surface area contributed by atoms with Crippen molar-refractivity contribution in [2.75, 3.05) is 6.54 Å². The minimum absolute atomic E-state index is 0.326. The van der Waals surface area contributed by atoms with Crippen molar-refractivity contribution in [3.63, 3.8) is 0 Å². The van der Waals surface area contributed by atoms with Crippen LogP contribution in [0.15, 0.2) is 50.5 Å². The zero-order valence-electron chi connectivity index (χ0n) is 12.6. The Hall–Kier alpha value is -1.86. The maximum Gasteiger partial charge on any atom is 0.165 e. The summed E-state index contributed by atoms with van der Waals surface area (Å²) in [6.07, 6.45) is 4.46. The van der Waals surface area contributed by atoms with Gasteiger partial charge in [-0.3, -0.25) is 9.79 Å². The first-order chi connectivity index (χ1) is 11.7. The molecule has 2 aromatic rings. The molecule has 0 radical (unpaired) electrons. The van der Waals surface area contributed by atoms with Gasteiger partial charge in [0.2, 0.25) is 0 Å². The Morgan fingerprint density at radius 2 is 2.29 bits per heavy atom. The molecule has 1 unspecified atom stereocenters. The normalized spacial score (nSPS) is 20.2. The van der Waals surface area contributed by atoms with E-state index >= 15 is 0 Å². The van der Waals surface area contributed by atoms with E-state index in [0.717, 1.165) is 47.8 Å². The minimum atomic E-state index is -0.444. The van der Waals surface area contributed by atoms with Crippen LogP contribution < -0.4 is 0 Å². The van der Waals surface area contributed by atoms with Crippen molar-refractivity contribution in [1.82, 2.24) is 9.88 Å². The van der Waals surface area contributed by atoms with Gasteiger partial charge in [-0.05, 0) is 30.5 Å². The minimum Gasteiger partial charge on any atom is -0.327 e. The molecule has 1 saturated heterocycles. The number of amidine groups is 1. The number of rotatable bonds is 3. The number of aromatic nitrogens is 1. The van der Waals surface area contributed by atoms with Crippen molar-refractivity contribution in [1.29, 1.82) is 0 Å². The van der Waals surface area contributed by atoms with Crippen LogP contribution in [-0.4, -0.2) is 28.6 Å². The number of halogens is 2. The molecule has 0 spiro atoms. The number of benzene rings is 1. The number of thiazole rings is 1. The molecule has 1 aromatic heterocycles. The quantitative estimate of drug-likeness (QED) is 0.722. The average molecular weight is 406 g/mol. The third kappa shape index (κ3) is 2.52. The standard InChI is InChI=1S/C17H13BrFN3OS/c18-13-8-10(19)3-4-11(13)15-12(9-23)14-2-1-6-22(14)16(21-15)17-20-5-7-24-17/h3-5,7-9,15H,1-2,6H2. The average Bonchev–Trinajstić information content (AvgIpc) is 3.25. The van der Waals surface area contributed by atoms with Crippen LogP contribution in [0.2, 0.25) is 0 Å². The summed E-state index contributed by atoms with van der Waals surface area (Å²) in [4.78, 5) is 23.1. The molecule has 3 heterocycles. The van der Waals surface area contributed by atoms with Gasteiger partial charge >= 0.3 is 0 Å². The number of allylic oxidation sites excluding steroid dienone is 1. The van der Waals surface area contributed by atoms with E-state index in [9.17, 15) is 9.18 Å². The second-order valence-electron chi connectivity index (χ2n) is 5.63. The number of carbonyl (C=O) groups is 1. The first kappa shape index (κ1) is 15.7. The summed E-state index contributed by atoms with van der Waals surface area (Å²) >= 11 is 4.93. The Morgan fingerprint density at radius 3 is 3.00 bits per heavy atom. The van der Waals surface area contributed by atoms with Crippen LogP contribution in [0.1, 0.15) is 29.5 Å². The van der Waals surface area contributed by atoms with Gasteiger partial charge in [-0.1, -0.05) is 22.0 Å². The number of aliphatic imine (C=N–C) groups is 1. The van der Waals surface area contributed by atoms with E-state index in [1.807, 2.05) is 5.38 Å². The second-order valence-corrected chi connectivity index (χ2v) is 7.38. The van der Waals surface area contributed by atoms with E-state index in [1.165, 1.54) is 23.5 Å². The predicted octanol–water partition coefficient (Wildman–Crippen LogP) is 4.10. The maximum absolute atomic E-state index is 13.4. The highest BCUT2D eigenvalue weighted by Crippen LogP contribution is 2.41. The summed E-state index contributed by atoms with van der Waals surface area (Å²) in [5, 5.41) is 2.75. The zero-order chi connectivity index (χ0) is 16.7. The fourth-order valence-corrected chi connectivity index (χ4v) is 4.43. The molecule has 0 aliphatic carbocycles. The molecule has 0 N–H and O–H groups in total. The van der Waals surface area contributed by atoms with Crippen molar-refractivity contribution in [3.8, 4) is 0 Å². The van der Waals surface area contributed by atoms with Crippen molar-refractivity contribution >= 4 is 39.4 Å². The van der Waals surface area contributed by atoms with Gasteiger partial charge in [-0.2, -0.15) is 0 Å². The summed E-state index contributed by atoms with van der Waals surface area (Å²) in [6.45, 7) is 0.836. The Balaban J connectivity index is 1.89. The van der Waals surface area contributed by atoms with Crippen LogP contribution >= 0.6 is 27.3 Å². The SMILES string of the molecule is O=CC1=C2CCCN2C(c2nccs2)=NC1c1ccc(F)cc1Br. The maximum atomic E-state index is 13.4. The molecule has 122 valence electrons. The molecule has 0 saturated carbocycles. The smallest absolute Gasteiger partial charge is 0.165 e. The van der Waals surface area contributed by atoms with Gasteiger partial charge in [0.15, 0.2) is 10.8 Å². The fourth-order valence-electron chi connectivity index (χ4n) is 3.23. The van der Waals surface area contributed by atoms with Crippen LogP contribution in [0.25, 0.3) is 0 Å². The summed E-state index contributed by atoms with van der Waals surface area (Å²) in [6, 6.07) is 4.04. The van der Waals surface area contributed by atoms with Crippen LogP contribution in [-0.2, 0) is 4.79 Å². The number of fused-ring (bicyclic) bond motifs is 1. The Bertz CT molecular complexity index is 863. The van der Waals surface area contributed by atoms with E-state index in [-0.39, 0.29) is 5.82 Å². The number of aldehydes is 1. The van der Waals surface area contributed by atoms with Crippen LogP contribution in [0.5, 0.6) is 0 Å². The number of nitrogens with zero attached hydrogens (tertiary/aromatic N) is 3. The molecule has 0 bridgehead atoms. The van der Waals surface area contributed by atoms with E-state index in [0.29, 0.717) is 10.0 Å². The van der Waals surface area contributed by atoms with Gasteiger partial charge < -0.3 is 4.90 Å². The van der Waals surface area contributed by atoms with Crippen LogP contribution in [0, 0.1) is 5.82 Å². The van der Waals surface area contributed by atoms with Gasteiger partial charge in [0.25, 0.3) is 0 Å². The number of carbonyl (C=O) groups excluding carboxylic acids is 1. The van der Waals surface area contributed by atoms with Gasteiger partial charge in [0.05, 0.1) is 0 Å². The molecule has 1 aromatic carbocycles. The van der Waals surface area contributed by atoms with Crippen molar-refractivity contribution in [2.24, 2.45) is 4.99 Å². The number of hydrogen-bond acceptors (Lipinski definition) is 5. The molecule has 4 rings (SSSR count). The molecule has 4 nitrogen and oxygen atoms in total. The zero-order valence-corrected chi connectivity index (χ0v) is 15.0. The lowest BCUT2D eigenvalue weighted by molar-refractivity contribution is -0.105. The molecule has 24 heavy (non-hydrogen) atoms. The molecular weight excluding hydrogens is 393 g/mol. The summed E-state index contributed by atoms with van der Waals surface area (Å²) in [5.41, 5.74) is 2.44. The van der Waals surface area contributed by atoms with Crippen LogP contribution in [0.3, 0.4) is 0 Å².